The molecule has 1 N–H and O–H groups in total. The Bertz CT molecular complexity index is 326. The summed E-state index contributed by atoms with van der Waals surface area (Å²) in [6.07, 6.45) is 1.15. The molecule has 2 rings (SSSR count). The minimum Gasteiger partial charge on any atom is -0.310 e. The van der Waals surface area contributed by atoms with Crippen LogP contribution in [0.3, 0.4) is 0 Å². The minimum absolute atomic E-state index is 0. The first-order valence-electron chi connectivity index (χ1n) is 4.14. The molecule has 2 nitrogen and oxygen atoms in total. The maximum atomic E-state index is 8.81. The van der Waals surface area contributed by atoms with Crippen LogP contribution in [-0.4, -0.2) is 6.54 Å². The zero-order chi connectivity index (χ0) is 8.39. The molecule has 0 spiro atoms. The monoisotopic (exact) mass is 194 g/mol. The van der Waals surface area contributed by atoms with Gasteiger partial charge in [0.2, 0.25) is 0 Å². The second-order valence-corrected chi connectivity index (χ2v) is 2.99. The van der Waals surface area contributed by atoms with Gasteiger partial charge in [0.05, 0.1) is 11.6 Å². The fraction of sp³-hybridized carbons (Fsp3) is 0.300. The smallest absolute Gasteiger partial charge is 0.0995 e. The van der Waals surface area contributed by atoms with Crippen LogP contribution in [0, 0.1) is 11.3 Å². The van der Waals surface area contributed by atoms with Crippen molar-refractivity contribution in [2.75, 3.05) is 6.54 Å². The molecule has 13 heavy (non-hydrogen) atoms. The molecule has 1 aromatic carbocycles. The first-order chi connectivity index (χ1) is 5.92. The first-order valence-corrected chi connectivity index (χ1v) is 4.14. The van der Waals surface area contributed by atoms with E-state index in [9.17, 15) is 0 Å². The van der Waals surface area contributed by atoms with Gasteiger partial charge in [0, 0.05) is 6.04 Å². The molecule has 1 fully saturated rings. The molecule has 0 amide bonds. The topological polar surface area (TPSA) is 35.8 Å². The summed E-state index contributed by atoms with van der Waals surface area (Å²) in [5, 5.41) is 12.1. The van der Waals surface area contributed by atoms with Crippen molar-refractivity contribution in [1.29, 1.82) is 5.26 Å². The maximum absolute atomic E-state index is 8.81. The maximum Gasteiger partial charge on any atom is 0.0995 e. The van der Waals surface area contributed by atoms with E-state index in [1.54, 1.807) is 0 Å². The van der Waals surface area contributed by atoms with E-state index in [-0.39, 0.29) is 12.4 Å². The van der Waals surface area contributed by atoms with Gasteiger partial charge in [-0.05, 0) is 24.6 Å². The summed E-state index contributed by atoms with van der Waals surface area (Å²) in [4.78, 5) is 0. The van der Waals surface area contributed by atoms with Gasteiger partial charge >= 0.3 is 0 Å². The van der Waals surface area contributed by atoms with Crippen LogP contribution in [0.5, 0.6) is 0 Å². The molecule has 0 bridgehead atoms. The number of hydrogen-bond acceptors (Lipinski definition) is 2. The average molecular weight is 195 g/mol. The Morgan fingerprint density at radius 2 is 2.08 bits per heavy atom. The van der Waals surface area contributed by atoms with Crippen molar-refractivity contribution in [2.24, 2.45) is 0 Å². The summed E-state index contributed by atoms with van der Waals surface area (Å²) in [6, 6.07) is 10.4. The standard InChI is InChI=1S/C10H10N2.ClH/c11-7-8-3-1-2-4-9(8)10-5-6-12-10;/h1-4,10,12H,5-6H2;1H/t10-;/m0./s1. The third kappa shape index (κ3) is 1.82. The van der Waals surface area contributed by atoms with Crippen LogP contribution in [0.4, 0.5) is 0 Å². The van der Waals surface area contributed by atoms with Gasteiger partial charge in [0.15, 0.2) is 0 Å². The predicted molar refractivity (Wildman–Crippen MR) is 53.8 cm³/mol. The molecule has 0 aromatic heterocycles. The number of halogens is 1. The van der Waals surface area contributed by atoms with E-state index in [0.29, 0.717) is 6.04 Å². The number of hydrogen-bond donors (Lipinski definition) is 1. The molecule has 1 aromatic rings. The van der Waals surface area contributed by atoms with E-state index in [0.717, 1.165) is 24.1 Å². The van der Waals surface area contributed by atoms with E-state index in [2.05, 4.69) is 11.4 Å². The van der Waals surface area contributed by atoms with Crippen molar-refractivity contribution < 1.29 is 0 Å². The Hall–Kier alpha value is -1.04. The number of nitrogens with zero attached hydrogens (tertiary/aromatic N) is 1. The molecule has 1 heterocycles. The van der Waals surface area contributed by atoms with Crippen LogP contribution >= 0.6 is 12.4 Å². The van der Waals surface area contributed by atoms with Gasteiger partial charge in [0.1, 0.15) is 0 Å². The normalized spacial score (nSPS) is 19.5. The van der Waals surface area contributed by atoms with E-state index in [1.165, 1.54) is 0 Å². The quantitative estimate of drug-likeness (QED) is 0.743. The van der Waals surface area contributed by atoms with Crippen molar-refractivity contribution in [1.82, 2.24) is 5.32 Å². The van der Waals surface area contributed by atoms with Crippen LogP contribution < -0.4 is 5.32 Å². The Labute approximate surface area is 84.0 Å². The fourth-order valence-electron chi connectivity index (χ4n) is 1.46. The van der Waals surface area contributed by atoms with E-state index in [4.69, 9.17) is 5.26 Å². The van der Waals surface area contributed by atoms with Gasteiger partial charge in [-0.25, -0.2) is 0 Å². The lowest BCUT2D eigenvalue weighted by atomic mass is 9.94. The van der Waals surface area contributed by atoms with Crippen LogP contribution in [0.15, 0.2) is 24.3 Å². The summed E-state index contributed by atoms with van der Waals surface area (Å²) in [5.41, 5.74) is 1.95. The molecule has 0 radical (unpaired) electrons. The summed E-state index contributed by atoms with van der Waals surface area (Å²) < 4.78 is 0. The van der Waals surface area contributed by atoms with E-state index < -0.39 is 0 Å². The van der Waals surface area contributed by atoms with Gasteiger partial charge in [-0.2, -0.15) is 5.26 Å². The largest absolute Gasteiger partial charge is 0.310 e. The third-order valence-electron chi connectivity index (χ3n) is 2.28. The molecule has 3 heteroatoms. The molecule has 0 unspecified atom stereocenters. The Morgan fingerprint density at radius 3 is 2.62 bits per heavy atom. The summed E-state index contributed by atoms with van der Waals surface area (Å²) in [6.45, 7) is 1.07. The Balaban J connectivity index is 0.000000845. The van der Waals surface area contributed by atoms with Crippen molar-refractivity contribution >= 4 is 12.4 Å². The van der Waals surface area contributed by atoms with Crippen LogP contribution in [0.2, 0.25) is 0 Å². The number of nitrogens with one attached hydrogen (secondary N) is 1. The van der Waals surface area contributed by atoms with Crippen LogP contribution in [0.25, 0.3) is 0 Å². The highest BCUT2D eigenvalue weighted by Crippen LogP contribution is 2.25. The minimum atomic E-state index is 0. The molecule has 68 valence electrons. The van der Waals surface area contributed by atoms with Crippen molar-refractivity contribution in [3.63, 3.8) is 0 Å². The lowest BCUT2D eigenvalue weighted by Gasteiger charge is -2.28. The summed E-state index contributed by atoms with van der Waals surface area (Å²) >= 11 is 0. The number of rotatable bonds is 1. The van der Waals surface area contributed by atoms with Crippen LogP contribution in [0.1, 0.15) is 23.6 Å². The second kappa shape index (κ2) is 4.27. The fourth-order valence-corrected chi connectivity index (χ4v) is 1.46. The van der Waals surface area contributed by atoms with Gasteiger partial charge in [-0.3, -0.25) is 0 Å². The van der Waals surface area contributed by atoms with Gasteiger partial charge < -0.3 is 5.32 Å². The highest BCUT2D eigenvalue weighted by atomic mass is 35.5. The second-order valence-electron chi connectivity index (χ2n) is 2.99. The molecule has 1 atom stereocenters. The number of benzene rings is 1. The third-order valence-corrected chi connectivity index (χ3v) is 2.28. The molecule has 1 aliphatic rings. The molecular weight excluding hydrogens is 184 g/mol. The van der Waals surface area contributed by atoms with Gasteiger partial charge in [-0.15, -0.1) is 12.4 Å². The van der Waals surface area contributed by atoms with E-state index >= 15 is 0 Å². The van der Waals surface area contributed by atoms with Crippen molar-refractivity contribution in [3.05, 3.63) is 35.4 Å². The van der Waals surface area contributed by atoms with Crippen molar-refractivity contribution in [3.8, 4) is 6.07 Å². The Kier molecular flexibility index (Phi) is 3.30. The highest BCUT2D eigenvalue weighted by Gasteiger charge is 2.20. The summed E-state index contributed by atoms with van der Waals surface area (Å²) in [7, 11) is 0. The molecule has 0 saturated carbocycles. The predicted octanol–water partition coefficient (Wildman–Crippen LogP) is 2.01. The summed E-state index contributed by atoms with van der Waals surface area (Å²) in [5.74, 6) is 0. The zero-order valence-electron chi connectivity index (χ0n) is 7.16. The lowest BCUT2D eigenvalue weighted by Crippen LogP contribution is -2.35. The zero-order valence-corrected chi connectivity index (χ0v) is 7.97. The van der Waals surface area contributed by atoms with Crippen molar-refractivity contribution in [2.45, 2.75) is 12.5 Å². The van der Waals surface area contributed by atoms with Crippen LogP contribution in [-0.2, 0) is 0 Å². The molecule has 0 aliphatic carbocycles. The lowest BCUT2D eigenvalue weighted by molar-refractivity contribution is 0.383. The Morgan fingerprint density at radius 1 is 1.38 bits per heavy atom. The number of nitriles is 1. The SMILES string of the molecule is Cl.N#Cc1ccccc1[C@@H]1CCN1. The molecule has 1 aliphatic heterocycles. The van der Waals surface area contributed by atoms with Gasteiger partial charge in [0.25, 0.3) is 0 Å². The molecule has 1 saturated heterocycles. The average Bonchev–Trinajstić information content (AvgIpc) is 2.02. The van der Waals surface area contributed by atoms with E-state index in [1.807, 2.05) is 24.3 Å². The van der Waals surface area contributed by atoms with Gasteiger partial charge in [-0.1, -0.05) is 18.2 Å². The highest BCUT2D eigenvalue weighted by molar-refractivity contribution is 5.85. The first kappa shape index (κ1) is 10.0. The molecular formula is C10H11ClN2.